The van der Waals surface area contributed by atoms with Crippen LogP contribution in [-0.2, 0) is 25.5 Å². The second-order valence-electron chi connectivity index (χ2n) is 12.3. The van der Waals surface area contributed by atoms with Gasteiger partial charge in [-0.1, -0.05) is 69.2 Å². The number of hydrogen-bond donors (Lipinski definition) is 2. The molecule has 1 unspecified atom stereocenters. The van der Waals surface area contributed by atoms with E-state index in [0.29, 0.717) is 30.7 Å². The average Bonchev–Trinajstić information content (AvgIpc) is 2.98. The third kappa shape index (κ3) is 10.2. The molecule has 234 valence electrons. The lowest BCUT2D eigenvalue weighted by Gasteiger charge is -2.35. The number of methoxy groups -OCH3 is 1. The molecule has 0 radical (unpaired) electrons. The third-order valence-electron chi connectivity index (χ3n) is 7.74. The molecule has 2 aromatic rings. The van der Waals surface area contributed by atoms with Crippen molar-refractivity contribution >= 4 is 23.6 Å². The normalized spacial score (nSPS) is 17.7. The van der Waals surface area contributed by atoms with Gasteiger partial charge in [-0.25, -0.2) is 4.79 Å². The number of ketones is 1. The average molecular weight is 594 g/mol. The summed E-state index contributed by atoms with van der Waals surface area (Å²) in [4.78, 5) is 55.7. The molecule has 1 aliphatic heterocycles. The number of hydrogen-bond acceptors (Lipinski definition) is 7. The number of carbonyl (C=O) groups is 4. The lowest BCUT2D eigenvalue weighted by molar-refractivity contribution is -0.160. The Bertz CT molecular complexity index is 1240. The van der Waals surface area contributed by atoms with E-state index in [-0.39, 0.29) is 30.6 Å². The van der Waals surface area contributed by atoms with Gasteiger partial charge in [0.05, 0.1) is 19.7 Å². The van der Waals surface area contributed by atoms with Crippen LogP contribution >= 0.6 is 0 Å². The molecule has 0 bridgehead atoms. The first-order valence-electron chi connectivity index (χ1n) is 15.2. The molecule has 9 heteroatoms. The Hall–Kier alpha value is -3.72. The second-order valence-corrected chi connectivity index (χ2v) is 12.3. The van der Waals surface area contributed by atoms with Crippen LogP contribution in [0, 0.1) is 5.92 Å². The van der Waals surface area contributed by atoms with E-state index in [2.05, 4.69) is 10.6 Å². The topological polar surface area (TPSA) is 114 Å². The third-order valence-corrected chi connectivity index (χ3v) is 7.74. The van der Waals surface area contributed by atoms with E-state index < -0.39 is 35.6 Å². The number of Topliss-reactive ketones (excluding diaryl/α,β-unsaturated/α-hetero) is 1. The summed E-state index contributed by atoms with van der Waals surface area (Å²) in [6, 6.07) is 14.1. The highest BCUT2D eigenvalue weighted by Gasteiger charge is 2.36. The van der Waals surface area contributed by atoms with Crippen molar-refractivity contribution in [3.05, 3.63) is 65.7 Å². The monoisotopic (exact) mass is 593 g/mol. The fourth-order valence-corrected chi connectivity index (χ4v) is 5.16. The van der Waals surface area contributed by atoms with Gasteiger partial charge in [0, 0.05) is 12.0 Å². The van der Waals surface area contributed by atoms with E-state index in [1.807, 2.05) is 49.1 Å². The summed E-state index contributed by atoms with van der Waals surface area (Å²) < 4.78 is 10.9. The van der Waals surface area contributed by atoms with Crippen molar-refractivity contribution < 1.29 is 28.7 Å². The van der Waals surface area contributed by atoms with Crippen molar-refractivity contribution in [2.24, 2.45) is 5.92 Å². The Morgan fingerprint density at radius 3 is 2.37 bits per heavy atom. The number of piperidine rings is 1. The molecule has 2 aromatic carbocycles. The van der Waals surface area contributed by atoms with Gasteiger partial charge in [-0.05, 0) is 63.8 Å². The van der Waals surface area contributed by atoms with Crippen LogP contribution in [0.15, 0.2) is 54.6 Å². The smallest absolute Gasteiger partial charge is 0.329 e. The zero-order valence-corrected chi connectivity index (χ0v) is 26.4. The molecule has 2 N–H and O–H groups in total. The Morgan fingerprint density at radius 1 is 1.00 bits per heavy atom. The van der Waals surface area contributed by atoms with Gasteiger partial charge < -0.3 is 20.1 Å². The van der Waals surface area contributed by atoms with Gasteiger partial charge in [0.1, 0.15) is 23.4 Å². The van der Waals surface area contributed by atoms with Crippen molar-refractivity contribution in [1.82, 2.24) is 15.5 Å². The molecule has 0 saturated carbocycles. The summed E-state index contributed by atoms with van der Waals surface area (Å²) >= 11 is 0. The van der Waals surface area contributed by atoms with Crippen LogP contribution < -0.4 is 15.4 Å². The van der Waals surface area contributed by atoms with Crippen LogP contribution in [0.3, 0.4) is 0 Å². The molecule has 2 amide bonds. The minimum absolute atomic E-state index is 0.0789. The summed E-state index contributed by atoms with van der Waals surface area (Å²) in [6.07, 6.45) is 3.18. The number of amides is 2. The zero-order chi connectivity index (χ0) is 31.6. The predicted octanol–water partition coefficient (Wildman–Crippen LogP) is 4.33. The molecule has 4 atom stereocenters. The summed E-state index contributed by atoms with van der Waals surface area (Å²) in [5.41, 5.74) is 0.676. The highest BCUT2D eigenvalue weighted by Crippen LogP contribution is 2.20. The highest BCUT2D eigenvalue weighted by atomic mass is 16.6. The number of esters is 1. The highest BCUT2D eigenvalue weighted by molar-refractivity contribution is 5.98. The van der Waals surface area contributed by atoms with E-state index in [1.165, 1.54) is 0 Å². The maximum absolute atomic E-state index is 13.8. The first-order valence-corrected chi connectivity index (χ1v) is 15.2. The molecule has 0 spiro atoms. The van der Waals surface area contributed by atoms with E-state index in [0.717, 1.165) is 18.4 Å². The minimum Gasteiger partial charge on any atom is -0.497 e. The van der Waals surface area contributed by atoms with Gasteiger partial charge in [-0.15, -0.1) is 0 Å². The van der Waals surface area contributed by atoms with E-state index in [1.54, 1.807) is 52.1 Å². The molecule has 1 fully saturated rings. The van der Waals surface area contributed by atoms with E-state index in [4.69, 9.17) is 9.47 Å². The lowest BCUT2D eigenvalue weighted by atomic mass is 9.97. The standard InChI is InChI=1S/C34H47N3O6/c1-7-23(2)30(33(41)43-34(3,4)5)36-31(39)27(20-24-14-9-8-10-15-24)35-32(40)28-18-11-12-19-37(28)22-29(38)25-16-13-17-26(21-25)42-6/h8-10,13-17,21,23,27-28,30H,7,11-12,18-20,22H2,1-6H3,(H,35,40)(H,36,39)/t23?,27-,28-,30-/m0/s1. The molecular weight excluding hydrogens is 546 g/mol. The molecule has 9 nitrogen and oxygen atoms in total. The molecule has 43 heavy (non-hydrogen) atoms. The number of carbonyl (C=O) groups excluding carboxylic acids is 4. The number of ether oxygens (including phenoxy) is 2. The Morgan fingerprint density at radius 2 is 1.72 bits per heavy atom. The van der Waals surface area contributed by atoms with Gasteiger partial charge in [-0.3, -0.25) is 19.3 Å². The number of nitrogens with zero attached hydrogens (tertiary/aromatic N) is 1. The van der Waals surface area contributed by atoms with Crippen LogP contribution in [0.1, 0.15) is 76.2 Å². The number of nitrogens with one attached hydrogen (secondary N) is 2. The SMILES string of the molecule is CCC(C)[C@H](NC(=O)[C@H](Cc1ccccc1)NC(=O)[C@@H]1CCCCN1CC(=O)c1cccc(OC)c1)C(=O)OC(C)(C)C. The number of likely N-dealkylation sites (tertiary alicyclic amines) is 1. The summed E-state index contributed by atoms with van der Waals surface area (Å²) in [7, 11) is 1.55. The van der Waals surface area contributed by atoms with E-state index in [9.17, 15) is 19.2 Å². The van der Waals surface area contributed by atoms with Crippen molar-refractivity contribution in [2.45, 2.75) is 90.4 Å². The fourth-order valence-electron chi connectivity index (χ4n) is 5.16. The van der Waals surface area contributed by atoms with Crippen molar-refractivity contribution in [1.29, 1.82) is 0 Å². The molecule has 0 aliphatic carbocycles. The number of benzene rings is 2. The van der Waals surface area contributed by atoms with Gasteiger partial charge in [0.15, 0.2) is 5.78 Å². The molecule has 1 saturated heterocycles. The maximum Gasteiger partial charge on any atom is 0.329 e. The molecule has 1 aliphatic rings. The van der Waals surface area contributed by atoms with Crippen molar-refractivity contribution in [3.63, 3.8) is 0 Å². The fraction of sp³-hybridized carbons (Fsp3) is 0.529. The van der Waals surface area contributed by atoms with Crippen LogP contribution in [0.25, 0.3) is 0 Å². The summed E-state index contributed by atoms with van der Waals surface area (Å²) in [6.45, 7) is 9.86. The van der Waals surface area contributed by atoms with Gasteiger partial charge in [0.25, 0.3) is 0 Å². The van der Waals surface area contributed by atoms with Gasteiger partial charge in [-0.2, -0.15) is 0 Å². The van der Waals surface area contributed by atoms with Crippen LogP contribution in [0.5, 0.6) is 5.75 Å². The van der Waals surface area contributed by atoms with Crippen molar-refractivity contribution in [3.8, 4) is 5.75 Å². The Labute approximate surface area is 255 Å². The van der Waals surface area contributed by atoms with Gasteiger partial charge in [0.2, 0.25) is 11.8 Å². The van der Waals surface area contributed by atoms with Crippen molar-refractivity contribution in [2.75, 3.05) is 20.2 Å². The zero-order valence-electron chi connectivity index (χ0n) is 26.4. The molecule has 1 heterocycles. The Balaban J connectivity index is 1.80. The largest absolute Gasteiger partial charge is 0.497 e. The minimum atomic E-state index is -0.929. The first-order chi connectivity index (χ1) is 20.4. The predicted molar refractivity (Wildman–Crippen MR) is 166 cm³/mol. The Kier molecular flexibility index (Phi) is 12.3. The molecule has 0 aromatic heterocycles. The second kappa shape index (κ2) is 15.7. The molecular formula is C34H47N3O6. The molecule has 3 rings (SSSR count). The number of rotatable bonds is 13. The van der Waals surface area contributed by atoms with Crippen LogP contribution in [0.4, 0.5) is 0 Å². The van der Waals surface area contributed by atoms with Crippen LogP contribution in [-0.4, -0.2) is 72.4 Å². The van der Waals surface area contributed by atoms with Crippen LogP contribution in [0.2, 0.25) is 0 Å². The van der Waals surface area contributed by atoms with E-state index >= 15 is 0 Å². The van der Waals surface area contributed by atoms with Gasteiger partial charge >= 0.3 is 5.97 Å². The maximum atomic E-state index is 13.8. The summed E-state index contributed by atoms with van der Waals surface area (Å²) in [5, 5.41) is 5.86. The summed E-state index contributed by atoms with van der Waals surface area (Å²) in [5.74, 6) is -0.964. The lowest BCUT2D eigenvalue weighted by Crippen LogP contribution is -2.58. The quantitative estimate of drug-likeness (QED) is 0.263. The first kappa shape index (κ1) is 33.8.